The van der Waals surface area contributed by atoms with E-state index in [0.29, 0.717) is 0 Å². The first-order valence-electron chi connectivity index (χ1n) is 16.0. The van der Waals surface area contributed by atoms with Crippen LogP contribution >= 0.6 is 0 Å². The van der Waals surface area contributed by atoms with Crippen molar-refractivity contribution in [3.63, 3.8) is 0 Å². The fourth-order valence-corrected chi connectivity index (χ4v) is 8.03. The van der Waals surface area contributed by atoms with Crippen LogP contribution in [-0.2, 0) is 31.1 Å². The Balaban J connectivity index is 1.43. The predicted octanol–water partition coefficient (Wildman–Crippen LogP) is 10.9. The molecule has 0 radical (unpaired) electrons. The summed E-state index contributed by atoms with van der Waals surface area (Å²) in [6.45, 7) is 4.80. The molecule has 0 aromatic heterocycles. The van der Waals surface area contributed by atoms with E-state index >= 15 is 0 Å². The van der Waals surface area contributed by atoms with Gasteiger partial charge in [0.15, 0.2) is 0 Å². The highest BCUT2D eigenvalue weighted by Crippen LogP contribution is 2.54. The monoisotopic (exact) mass is 545 g/mol. The van der Waals surface area contributed by atoms with Crippen molar-refractivity contribution in [1.82, 2.24) is 0 Å². The van der Waals surface area contributed by atoms with Gasteiger partial charge in [0.05, 0.1) is 5.69 Å². The highest BCUT2D eigenvalue weighted by atomic mass is 15.1. The summed E-state index contributed by atoms with van der Waals surface area (Å²) in [5.41, 5.74) is 18.2. The highest BCUT2D eigenvalue weighted by Gasteiger charge is 2.37. The van der Waals surface area contributed by atoms with E-state index in [-0.39, 0.29) is 5.41 Å². The van der Waals surface area contributed by atoms with Crippen molar-refractivity contribution >= 4 is 17.1 Å². The normalized spacial score (nSPS) is 16.2. The molecule has 0 atom stereocenters. The Hall–Kier alpha value is -4.10. The highest BCUT2D eigenvalue weighted by molar-refractivity contribution is 5.95. The molecule has 0 amide bonds. The van der Waals surface area contributed by atoms with Crippen molar-refractivity contribution in [2.45, 2.75) is 70.6 Å². The van der Waals surface area contributed by atoms with Crippen LogP contribution in [0.1, 0.15) is 72.9 Å². The van der Waals surface area contributed by atoms with Crippen LogP contribution < -0.4 is 4.90 Å². The Labute approximate surface area is 250 Å². The molecule has 0 bridgehead atoms. The third-order valence-corrected chi connectivity index (χ3v) is 10.2. The van der Waals surface area contributed by atoms with Crippen molar-refractivity contribution in [3.8, 4) is 22.3 Å². The third kappa shape index (κ3) is 4.05. The molecule has 3 aliphatic rings. The summed E-state index contributed by atoms with van der Waals surface area (Å²) in [7, 11) is 0. The fraction of sp³-hybridized carbons (Fsp3) is 0.268. The molecule has 0 saturated heterocycles. The molecule has 5 aromatic carbocycles. The zero-order valence-electron chi connectivity index (χ0n) is 24.9. The molecular formula is C41H39N. The van der Waals surface area contributed by atoms with Crippen molar-refractivity contribution in [2.75, 3.05) is 4.90 Å². The first kappa shape index (κ1) is 25.6. The van der Waals surface area contributed by atoms with Gasteiger partial charge < -0.3 is 4.90 Å². The summed E-state index contributed by atoms with van der Waals surface area (Å²) in [5.74, 6) is 0. The molecule has 0 fully saturated rings. The first-order chi connectivity index (χ1) is 20.6. The Morgan fingerprint density at radius 1 is 0.476 bits per heavy atom. The van der Waals surface area contributed by atoms with Gasteiger partial charge in [0.1, 0.15) is 0 Å². The second-order valence-electron chi connectivity index (χ2n) is 13.1. The van der Waals surface area contributed by atoms with Crippen LogP contribution in [0, 0.1) is 0 Å². The number of nitrogens with zero attached hydrogens (tertiary/aromatic N) is 1. The number of anilines is 3. The molecular weight excluding hydrogens is 506 g/mol. The summed E-state index contributed by atoms with van der Waals surface area (Å²) >= 11 is 0. The average Bonchev–Trinajstić information content (AvgIpc) is 3.26. The van der Waals surface area contributed by atoms with Crippen LogP contribution in [-0.4, -0.2) is 0 Å². The summed E-state index contributed by atoms with van der Waals surface area (Å²) in [5, 5.41) is 0. The summed E-state index contributed by atoms with van der Waals surface area (Å²) in [4.78, 5) is 2.55. The largest absolute Gasteiger partial charge is 0.310 e. The molecule has 0 saturated carbocycles. The molecule has 8 rings (SSSR count). The maximum atomic E-state index is 2.55. The standard InChI is InChI=1S/C41H39N/c1-41(2)38-22-11-10-20-35(38)36-26-37(34-21-12-16-29-14-8-9-19-33(29)34)40(27-39(36)41)42(31-17-4-3-5-18-31)32-24-23-28-13-6-7-15-30(28)25-32/h3-5,10-12,16-18,20-27H,6-9,13-15,19H2,1-2H3. The van der Waals surface area contributed by atoms with Crippen molar-refractivity contribution in [2.24, 2.45) is 0 Å². The molecule has 0 unspecified atom stereocenters. The van der Waals surface area contributed by atoms with E-state index in [4.69, 9.17) is 0 Å². The molecule has 208 valence electrons. The summed E-state index contributed by atoms with van der Waals surface area (Å²) in [6.07, 6.45) is 9.88. The van der Waals surface area contributed by atoms with Gasteiger partial charge in [-0.2, -0.15) is 0 Å². The lowest BCUT2D eigenvalue weighted by atomic mass is 9.80. The van der Waals surface area contributed by atoms with Crippen LogP contribution in [0.2, 0.25) is 0 Å². The Kier molecular flexibility index (Phi) is 6.11. The molecule has 0 spiro atoms. The van der Waals surface area contributed by atoms with Gasteiger partial charge in [0.25, 0.3) is 0 Å². The zero-order valence-corrected chi connectivity index (χ0v) is 24.9. The third-order valence-electron chi connectivity index (χ3n) is 10.2. The minimum Gasteiger partial charge on any atom is -0.310 e. The van der Waals surface area contributed by atoms with Gasteiger partial charge in [0, 0.05) is 22.4 Å². The second kappa shape index (κ2) is 10.0. The lowest BCUT2D eigenvalue weighted by Crippen LogP contribution is -2.18. The van der Waals surface area contributed by atoms with Gasteiger partial charge in [-0.1, -0.05) is 80.6 Å². The van der Waals surface area contributed by atoms with Gasteiger partial charge in [-0.15, -0.1) is 0 Å². The molecule has 0 aliphatic heterocycles. The molecule has 1 nitrogen and oxygen atoms in total. The molecule has 0 N–H and O–H groups in total. The fourth-order valence-electron chi connectivity index (χ4n) is 8.03. The van der Waals surface area contributed by atoms with E-state index in [1.165, 1.54) is 112 Å². The molecule has 0 heterocycles. The zero-order chi connectivity index (χ0) is 28.3. The van der Waals surface area contributed by atoms with Crippen molar-refractivity contribution in [1.29, 1.82) is 0 Å². The molecule has 1 heteroatoms. The van der Waals surface area contributed by atoms with Crippen molar-refractivity contribution < 1.29 is 0 Å². The predicted molar refractivity (Wildman–Crippen MR) is 177 cm³/mol. The topological polar surface area (TPSA) is 3.24 Å². The quantitative estimate of drug-likeness (QED) is 0.217. The number of hydrogen-bond donors (Lipinski definition) is 0. The number of rotatable bonds is 4. The first-order valence-corrected chi connectivity index (χ1v) is 16.0. The van der Waals surface area contributed by atoms with E-state index < -0.39 is 0 Å². The SMILES string of the molecule is CC1(C)c2ccccc2-c2cc(-c3cccc4c3CCCC4)c(N(c3ccccc3)c3ccc4c(c3)CCCC4)cc21. The van der Waals surface area contributed by atoms with Gasteiger partial charge in [-0.25, -0.2) is 0 Å². The Morgan fingerprint density at radius 3 is 2.05 bits per heavy atom. The van der Waals surface area contributed by atoms with Gasteiger partial charge in [-0.05, 0) is 138 Å². The smallest absolute Gasteiger partial charge is 0.0543 e. The lowest BCUT2D eigenvalue weighted by Gasteiger charge is -2.32. The number of aryl methyl sites for hydroxylation is 3. The van der Waals surface area contributed by atoms with E-state index in [1.807, 2.05) is 0 Å². The van der Waals surface area contributed by atoms with Crippen LogP contribution in [0.15, 0.2) is 103 Å². The minimum absolute atomic E-state index is 0.0620. The van der Waals surface area contributed by atoms with E-state index in [0.717, 1.165) is 6.42 Å². The number of benzene rings is 5. The number of hydrogen-bond acceptors (Lipinski definition) is 1. The molecule has 3 aliphatic carbocycles. The van der Waals surface area contributed by atoms with Gasteiger partial charge >= 0.3 is 0 Å². The van der Waals surface area contributed by atoms with Gasteiger partial charge in [-0.3, -0.25) is 0 Å². The molecule has 5 aromatic rings. The maximum absolute atomic E-state index is 2.55. The van der Waals surface area contributed by atoms with Crippen LogP contribution in [0.3, 0.4) is 0 Å². The summed E-state index contributed by atoms with van der Waals surface area (Å²) in [6, 6.07) is 39.5. The molecule has 42 heavy (non-hydrogen) atoms. The Morgan fingerprint density at radius 2 is 1.19 bits per heavy atom. The minimum atomic E-state index is -0.0620. The maximum Gasteiger partial charge on any atom is 0.0543 e. The van der Waals surface area contributed by atoms with E-state index in [2.05, 4.69) is 122 Å². The van der Waals surface area contributed by atoms with Crippen molar-refractivity contribution in [3.05, 3.63) is 137 Å². The van der Waals surface area contributed by atoms with Gasteiger partial charge in [0.2, 0.25) is 0 Å². The van der Waals surface area contributed by atoms with E-state index in [9.17, 15) is 0 Å². The summed E-state index contributed by atoms with van der Waals surface area (Å²) < 4.78 is 0. The van der Waals surface area contributed by atoms with Crippen LogP contribution in [0.4, 0.5) is 17.1 Å². The lowest BCUT2D eigenvalue weighted by molar-refractivity contribution is 0.660. The number of para-hydroxylation sites is 1. The Bertz CT molecular complexity index is 1810. The van der Waals surface area contributed by atoms with E-state index in [1.54, 1.807) is 5.56 Å². The second-order valence-corrected chi connectivity index (χ2v) is 13.1. The van der Waals surface area contributed by atoms with Crippen LogP contribution in [0.5, 0.6) is 0 Å². The average molecular weight is 546 g/mol. The van der Waals surface area contributed by atoms with Crippen LogP contribution in [0.25, 0.3) is 22.3 Å². The number of fused-ring (bicyclic) bond motifs is 5.